The number of unbranched alkanes of at least 4 members (excludes halogenated alkanes) is 5. The van der Waals surface area contributed by atoms with E-state index in [4.69, 9.17) is 9.05 Å². The van der Waals surface area contributed by atoms with Crippen molar-refractivity contribution in [1.29, 1.82) is 0 Å². The molecule has 2 atom stereocenters. The first-order chi connectivity index (χ1) is 11.1. The molecule has 4 nitrogen and oxygen atoms in total. The fourth-order valence-electron chi connectivity index (χ4n) is 2.55. The second-order valence-electron chi connectivity index (χ2n) is 5.95. The molecule has 0 aromatic heterocycles. The number of para-hydroxylation sites is 1. The molecule has 0 spiro atoms. The fourth-order valence-corrected chi connectivity index (χ4v) is 3.57. The summed E-state index contributed by atoms with van der Waals surface area (Å²) in [5.74, 6) is 0.355. The van der Waals surface area contributed by atoms with Crippen LogP contribution in [0, 0.1) is 0 Å². The Hall–Kier alpha value is -0.830. The molecule has 1 aromatic carbocycles. The maximum Gasteiger partial charge on any atom is 0.527 e. The van der Waals surface area contributed by atoms with Crippen molar-refractivity contribution in [3.05, 3.63) is 30.3 Å². The van der Waals surface area contributed by atoms with Gasteiger partial charge in [-0.05, 0) is 25.0 Å². The van der Waals surface area contributed by atoms with E-state index in [0.717, 1.165) is 32.1 Å². The van der Waals surface area contributed by atoms with Crippen molar-refractivity contribution in [3.8, 4) is 5.75 Å². The molecule has 0 fully saturated rings. The molecule has 0 saturated heterocycles. The molecule has 0 bridgehead atoms. The van der Waals surface area contributed by atoms with Gasteiger partial charge >= 0.3 is 7.82 Å². The molecular weight excluding hydrogens is 311 g/mol. The van der Waals surface area contributed by atoms with Crippen LogP contribution in [0.2, 0.25) is 0 Å². The van der Waals surface area contributed by atoms with Gasteiger partial charge in [-0.2, -0.15) is 0 Å². The Labute approximate surface area is 140 Å². The van der Waals surface area contributed by atoms with E-state index in [2.05, 4.69) is 13.8 Å². The Morgan fingerprint density at radius 3 is 2.26 bits per heavy atom. The van der Waals surface area contributed by atoms with Crippen molar-refractivity contribution in [1.82, 2.24) is 0 Å². The zero-order valence-electron chi connectivity index (χ0n) is 14.4. The summed E-state index contributed by atoms with van der Waals surface area (Å²) in [5, 5.41) is 0. The zero-order valence-corrected chi connectivity index (χ0v) is 15.3. The van der Waals surface area contributed by atoms with Gasteiger partial charge in [-0.3, -0.25) is 9.42 Å². The lowest BCUT2D eigenvalue weighted by Gasteiger charge is -2.20. The summed E-state index contributed by atoms with van der Waals surface area (Å²) in [4.78, 5) is 9.95. The van der Waals surface area contributed by atoms with Crippen molar-refractivity contribution in [2.45, 2.75) is 77.7 Å². The van der Waals surface area contributed by atoms with Crippen LogP contribution in [-0.2, 0) is 9.09 Å². The van der Waals surface area contributed by atoms with E-state index in [1.165, 1.54) is 25.7 Å². The molecule has 132 valence electrons. The lowest BCUT2D eigenvalue weighted by molar-refractivity contribution is 0.121. The quantitative estimate of drug-likeness (QED) is 0.347. The highest BCUT2D eigenvalue weighted by atomic mass is 31.2. The van der Waals surface area contributed by atoms with Crippen molar-refractivity contribution < 1.29 is 18.5 Å². The Bertz CT molecular complexity index is 450. The summed E-state index contributed by atoms with van der Waals surface area (Å²) in [6.07, 6.45) is 9.49. The number of rotatable bonds is 13. The van der Waals surface area contributed by atoms with Gasteiger partial charge in [0.15, 0.2) is 0 Å². The average molecular weight is 342 g/mol. The first-order valence-electron chi connectivity index (χ1n) is 8.83. The van der Waals surface area contributed by atoms with Crippen molar-refractivity contribution in [2.24, 2.45) is 0 Å². The molecule has 0 heterocycles. The summed E-state index contributed by atoms with van der Waals surface area (Å²) in [6.45, 7) is 4.26. The Morgan fingerprint density at radius 2 is 1.61 bits per heavy atom. The summed E-state index contributed by atoms with van der Waals surface area (Å²) in [6, 6.07) is 8.64. The summed E-state index contributed by atoms with van der Waals surface area (Å²) < 4.78 is 22.7. The van der Waals surface area contributed by atoms with Crippen LogP contribution in [-0.4, -0.2) is 11.0 Å². The summed E-state index contributed by atoms with van der Waals surface area (Å²) in [7, 11) is -4.07. The highest BCUT2D eigenvalue weighted by Crippen LogP contribution is 2.46. The first kappa shape index (κ1) is 20.2. The van der Waals surface area contributed by atoms with Crippen LogP contribution in [0.3, 0.4) is 0 Å². The van der Waals surface area contributed by atoms with E-state index < -0.39 is 7.82 Å². The van der Waals surface area contributed by atoms with E-state index in [9.17, 15) is 9.46 Å². The standard InChI is InChI=1S/C18H31O4P/c1-3-5-6-7-8-10-14-17(13-4-2)21-23(19,20)22-18-15-11-9-12-16-18/h9,11-12,15-17H,3-8,10,13-14H2,1-2H3,(H,19,20). The molecule has 0 radical (unpaired) electrons. The van der Waals surface area contributed by atoms with Gasteiger partial charge in [0.05, 0.1) is 6.10 Å². The maximum atomic E-state index is 12.2. The molecule has 0 aliphatic carbocycles. The predicted octanol–water partition coefficient (Wildman–Crippen LogP) is 6.10. The maximum absolute atomic E-state index is 12.2. The molecule has 23 heavy (non-hydrogen) atoms. The number of hydrogen-bond donors (Lipinski definition) is 1. The van der Waals surface area contributed by atoms with Crippen LogP contribution < -0.4 is 4.52 Å². The van der Waals surface area contributed by atoms with E-state index in [-0.39, 0.29) is 6.10 Å². The molecule has 0 saturated carbocycles. The first-order valence-corrected chi connectivity index (χ1v) is 10.3. The number of hydrogen-bond acceptors (Lipinski definition) is 3. The van der Waals surface area contributed by atoms with Crippen molar-refractivity contribution in [2.75, 3.05) is 0 Å². The van der Waals surface area contributed by atoms with Crippen LogP contribution in [0.4, 0.5) is 0 Å². The average Bonchev–Trinajstić information content (AvgIpc) is 2.51. The second-order valence-corrected chi connectivity index (χ2v) is 7.28. The summed E-state index contributed by atoms with van der Waals surface area (Å²) >= 11 is 0. The van der Waals surface area contributed by atoms with E-state index in [1.807, 2.05) is 6.07 Å². The number of phosphoric ester groups is 1. The number of phosphoric acid groups is 1. The van der Waals surface area contributed by atoms with Crippen LogP contribution in [0.25, 0.3) is 0 Å². The van der Waals surface area contributed by atoms with E-state index >= 15 is 0 Å². The van der Waals surface area contributed by atoms with Crippen molar-refractivity contribution >= 4 is 7.82 Å². The van der Waals surface area contributed by atoms with Crippen LogP contribution in [0.15, 0.2) is 30.3 Å². The van der Waals surface area contributed by atoms with Gasteiger partial charge in [-0.1, -0.05) is 77.0 Å². The molecule has 1 N–H and O–H groups in total. The molecule has 2 unspecified atom stereocenters. The normalized spacial score (nSPS) is 15.1. The van der Waals surface area contributed by atoms with Gasteiger partial charge in [0.25, 0.3) is 0 Å². The van der Waals surface area contributed by atoms with Gasteiger partial charge in [0.1, 0.15) is 5.75 Å². The predicted molar refractivity (Wildman–Crippen MR) is 94.7 cm³/mol. The molecule has 0 aliphatic rings. The van der Waals surface area contributed by atoms with Gasteiger partial charge in [-0.25, -0.2) is 4.57 Å². The van der Waals surface area contributed by atoms with E-state index in [0.29, 0.717) is 5.75 Å². The largest absolute Gasteiger partial charge is 0.527 e. The van der Waals surface area contributed by atoms with Gasteiger partial charge in [-0.15, -0.1) is 0 Å². The highest BCUT2D eigenvalue weighted by Gasteiger charge is 2.27. The van der Waals surface area contributed by atoms with E-state index in [1.54, 1.807) is 24.3 Å². The van der Waals surface area contributed by atoms with Gasteiger partial charge in [0.2, 0.25) is 0 Å². The van der Waals surface area contributed by atoms with Crippen molar-refractivity contribution in [3.63, 3.8) is 0 Å². The van der Waals surface area contributed by atoms with Crippen LogP contribution >= 0.6 is 7.82 Å². The monoisotopic (exact) mass is 342 g/mol. The minimum absolute atomic E-state index is 0.217. The molecule has 0 aliphatic heterocycles. The smallest absolute Gasteiger partial charge is 0.404 e. The zero-order chi connectivity index (χ0) is 17.0. The second kappa shape index (κ2) is 11.7. The summed E-state index contributed by atoms with van der Waals surface area (Å²) in [5.41, 5.74) is 0. The Kier molecular flexibility index (Phi) is 10.3. The third kappa shape index (κ3) is 9.80. The lowest BCUT2D eigenvalue weighted by atomic mass is 10.0. The Balaban J connectivity index is 2.39. The Morgan fingerprint density at radius 1 is 0.957 bits per heavy atom. The third-order valence-electron chi connectivity index (χ3n) is 3.74. The topological polar surface area (TPSA) is 55.8 Å². The lowest BCUT2D eigenvalue weighted by Crippen LogP contribution is -2.13. The molecule has 1 aromatic rings. The third-order valence-corrected chi connectivity index (χ3v) is 4.74. The highest BCUT2D eigenvalue weighted by molar-refractivity contribution is 7.47. The SMILES string of the molecule is CCCCCCCCC(CCC)OP(=O)(O)Oc1ccccc1. The minimum atomic E-state index is -4.07. The van der Waals surface area contributed by atoms with Gasteiger partial charge in [0, 0.05) is 0 Å². The molecule has 5 heteroatoms. The molecular formula is C18H31O4P. The van der Waals surface area contributed by atoms with Gasteiger partial charge < -0.3 is 4.52 Å². The van der Waals surface area contributed by atoms with Crippen LogP contribution in [0.5, 0.6) is 5.75 Å². The fraction of sp³-hybridized carbons (Fsp3) is 0.667. The minimum Gasteiger partial charge on any atom is -0.404 e. The number of benzene rings is 1. The molecule has 1 rings (SSSR count). The molecule has 0 amide bonds. The van der Waals surface area contributed by atoms with Crippen LogP contribution in [0.1, 0.15) is 71.6 Å².